The summed E-state index contributed by atoms with van der Waals surface area (Å²) in [6, 6.07) is 0.850. The van der Waals surface area contributed by atoms with Crippen LogP contribution in [0.25, 0.3) is 0 Å². The molecule has 1 aliphatic carbocycles. The van der Waals surface area contributed by atoms with Crippen LogP contribution in [0.5, 0.6) is 0 Å². The van der Waals surface area contributed by atoms with Gasteiger partial charge in [-0.3, -0.25) is 0 Å². The van der Waals surface area contributed by atoms with E-state index in [2.05, 4.69) is 26.1 Å². The second-order valence-electron chi connectivity index (χ2n) is 5.00. The Balaban J connectivity index is 2.20. The lowest BCUT2D eigenvalue weighted by Gasteiger charge is -2.41. The second-order valence-corrected chi connectivity index (χ2v) is 5.00. The van der Waals surface area contributed by atoms with Crippen LogP contribution in [-0.4, -0.2) is 12.6 Å². The molecule has 64 valence electrons. The Hall–Kier alpha value is -0.0400. The lowest BCUT2D eigenvalue weighted by atomic mass is 9.64. The first-order valence-corrected chi connectivity index (χ1v) is 4.84. The minimum absolute atomic E-state index is 0.583. The Morgan fingerprint density at radius 2 is 2.00 bits per heavy atom. The zero-order chi connectivity index (χ0) is 8.06. The molecule has 11 heavy (non-hydrogen) atoms. The van der Waals surface area contributed by atoms with Crippen molar-refractivity contribution in [2.45, 2.75) is 39.7 Å². The van der Waals surface area contributed by atoms with Crippen molar-refractivity contribution < 1.29 is 0 Å². The van der Waals surface area contributed by atoms with Gasteiger partial charge < -0.3 is 5.32 Å². The van der Waals surface area contributed by atoms with Crippen LogP contribution in [0, 0.1) is 17.3 Å². The monoisotopic (exact) mass is 153 g/mol. The third-order valence-corrected chi connectivity index (χ3v) is 4.18. The molecule has 1 nitrogen and oxygen atoms in total. The van der Waals surface area contributed by atoms with E-state index in [0.717, 1.165) is 17.9 Å². The van der Waals surface area contributed by atoms with E-state index in [4.69, 9.17) is 0 Å². The Morgan fingerprint density at radius 3 is 2.73 bits per heavy atom. The van der Waals surface area contributed by atoms with Gasteiger partial charge in [-0.15, -0.1) is 0 Å². The van der Waals surface area contributed by atoms with Crippen LogP contribution in [0.15, 0.2) is 0 Å². The molecule has 2 bridgehead atoms. The highest BCUT2D eigenvalue weighted by Gasteiger charge is 2.44. The standard InChI is InChI=1S/C10H19N/c1-7-4-9-5-8(6-11-9)10(7,2)3/h7-9,11H,4-6H2,1-3H3. The predicted octanol–water partition coefficient (Wildman–Crippen LogP) is 2.03. The van der Waals surface area contributed by atoms with Gasteiger partial charge >= 0.3 is 0 Å². The normalized spacial score (nSPS) is 47.7. The van der Waals surface area contributed by atoms with Crippen LogP contribution in [0.4, 0.5) is 0 Å². The summed E-state index contributed by atoms with van der Waals surface area (Å²) in [4.78, 5) is 0. The molecule has 3 atom stereocenters. The molecule has 0 aromatic carbocycles. The third-order valence-electron chi connectivity index (χ3n) is 4.18. The summed E-state index contributed by atoms with van der Waals surface area (Å²) >= 11 is 0. The molecule has 3 unspecified atom stereocenters. The van der Waals surface area contributed by atoms with Crippen molar-refractivity contribution in [2.24, 2.45) is 17.3 Å². The van der Waals surface area contributed by atoms with Gasteiger partial charge in [0, 0.05) is 6.04 Å². The van der Waals surface area contributed by atoms with E-state index in [1.165, 1.54) is 19.4 Å². The van der Waals surface area contributed by atoms with Crippen molar-refractivity contribution in [3.8, 4) is 0 Å². The molecule has 0 aromatic heterocycles. The summed E-state index contributed by atoms with van der Waals surface area (Å²) in [7, 11) is 0. The number of hydrogen-bond acceptors (Lipinski definition) is 1. The number of rotatable bonds is 0. The van der Waals surface area contributed by atoms with Crippen molar-refractivity contribution >= 4 is 0 Å². The van der Waals surface area contributed by atoms with E-state index in [9.17, 15) is 0 Å². The number of fused-ring (bicyclic) bond motifs is 2. The molecular formula is C10H19N. The average molecular weight is 153 g/mol. The minimum atomic E-state index is 0.583. The molecule has 1 heterocycles. The van der Waals surface area contributed by atoms with Gasteiger partial charge in [0.2, 0.25) is 0 Å². The Labute approximate surface area is 69.6 Å². The molecule has 1 saturated heterocycles. The van der Waals surface area contributed by atoms with Crippen LogP contribution in [-0.2, 0) is 0 Å². The lowest BCUT2D eigenvalue weighted by molar-refractivity contribution is 0.0983. The van der Waals surface area contributed by atoms with Crippen LogP contribution in [0.2, 0.25) is 0 Å². The lowest BCUT2D eigenvalue weighted by Crippen LogP contribution is -2.36. The third kappa shape index (κ3) is 1.01. The van der Waals surface area contributed by atoms with Crippen molar-refractivity contribution in [3.63, 3.8) is 0 Å². The molecule has 1 saturated carbocycles. The minimum Gasteiger partial charge on any atom is -0.314 e. The summed E-state index contributed by atoms with van der Waals surface area (Å²) in [6.45, 7) is 8.55. The SMILES string of the molecule is CC1CC2CC(CN2)C1(C)C. The molecule has 0 aromatic rings. The molecule has 2 aliphatic rings. The molecule has 0 amide bonds. The van der Waals surface area contributed by atoms with Gasteiger partial charge in [-0.2, -0.15) is 0 Å². The van der Waals surface area contributed by atoms with Gasteiger partial charge in [0.15, 0.2) is 0 Å². The second kappa shape index (κ2) is 2.22. The molecule has 1 N–H and O–H groups in total. The van der Waals surface area contributed by atoms with Crippen molar-refractivity contribution in [3.05, 3.63) is 0 Å². The fourth-order valence-electron chi connectivity index (χ4n) is 2.70. The van der Waals surface area contributed by atoms with Gasteiger partial charge in [-0.05, 0) is 36.6 Å². The van der Waals surface area contributed by atoms with Gasteiger partial charge in [0.25, 0.3) is 0 Å². The van der Waals surface area contributed by atoms with E-state index < -0.39 is 0 Å². The van der Waals surface area contributed by atoms with Gasteiger partial charge in [0.05, 0.1) is 0 Å². The zero-order valence-electron chi connectivity index (χ0n) is 7.85. The van der Waals surface area contributed by atoms with Crippen molar-refractivity contribution in [1.82, 2.24) is 5.32 Å². The summed E-state index contributed by atoms with van der Waals surface area (Å²) in [5, 5.41) is 3.60. The molecule has 2 rings (SSSR count). The highest BCUT2D eigenvalue weighted by molar-refractivity contribution is 4.98. The smallest absolute Gasteiger partial charge is 0.00732 e. The first-order chi connectivity index (χ1) is 5.10. The van der Waals surface area contributed by atoms with Gasteiger partial charge in [-0.25, -0.2) is 0 Å². The largest absolute Gasteiger partial charge is 0.314 e. The highest BCUT2D eigenvalue weighted by Crippen LogP contribution is 2.47. The fourth-order valence-corrected chi connectivity index (χ4v) is 2.70. The fraction of sp³-hybridized carbons (Fsp3) is 1.00. The molecule has 0 spiro atoms. The maximum atomic E-state index is 3.60. The van der Waals surface area contributed by atoms with Crippen LogP contribution < -0.4 is 5.32 Å². The number of nitrogens with one attached hydrogen (secondary N) is 1. The molecular weight excluding hydrogens is 134 g/mol. The highest BCUT2D eigenvalue weighted by atomic mass is 15.0. The van der Waals surface area contributed by atoms with Crippen molar-refractivity contribution in [2.75, 3.05) is 6.54 Å². The predicted molar refractivity (Wildman–Crippen MR) is 47.5 cm³/mol. The van der Waals surface area contributed by atoms with Crippen LogP contribution in [0.3, 0.4) is 0 Å². The van der Waals surface area contributed by atoms with E-state index in [1.54, 1.807) is 0 Å². The van der Waals surface area contributed by atoms with E-state index in [-0.39, 0.29) is 0 Å². The first kappa shape index (κ1) is 7.60. The molecule has 1 heteroatoms. The molecule has 2 fully saturated rings. The van der Waals surface area contributed by atoms with Gasteiger partial charge in [-0.1, -0.05) is 20.8 Å². The zero-order valence-corrected chi connectivity index (χ0v) is 7.85. The topological polar surface area (TPSA) is 12.0 Å². The quantitative estimate of drug-likeness (QED) is 0.561. The molecule has 0 radical (unpaired) electrons. The summed E-state index contributed by atoms with van der Waals surface area (Å²) in [5.41, 5.74) is 0.583. The maximum absolute atomic E-state index is 3.60. The average Bonchev–Trinajstić information content (AvgIpc) is 2.31. The van der Waals surface area contributed by atoms with Crippen molar-refractivity contribution in [1.29, 1.82) is 0 Å². The van der Waals surface area contributed by atoms with Crippen LogP contribution >= 0.6 is 0 Å². The van der Waals surface area contributed by atoms with Gasteiger partial charge in [0.1, 0.15) is 0 Å². The Morgan fingerprint density at radius 1 is 1.27 bits per heavy atom. The first-order valence-electron chi connectivity index (χ1n) is 4.84. The van der Waals surface area contributed by atoms with E-state index in [0.29, 0.717) is 5.41 Å². The summed E-state index contributed by atoms with van der Waals surface area (Å²) in [6.07, 6.45) is 2.82. The maximum Gasteiger partial charge on any atom is 0.00732 e. The van der Waals surface area contributed by atoms with E-state index >= 15 is 0 Å². The Kier molecular flexibility index (Phi) is 1.54. The summed E-state index contributed by atoms with van der Waals surface area (Å²) < 4.78 is 0. The van der Waals surface area contributed by atoms with Crippen LogP contribution in [0.1, 0.15) is 33.6 Å². The summed E-state index contributed by atoms with van der Waals surface area (Å²) in [5.74, 6) is 1.84. The molecule has 1 aliphatic heterocycles. The Bertz CT molecular complexity index is 162. The number of hydrogen-bond donors (Lipinski definition) is 1. The van der Waals surface area contributed by atoms with E-state index in [1.807, 2.05) is 0 Å².